The van der Waals surface area contributed by atoms with Crippen LogP contribution in [0.2, 0.25) is 0 Å². The van der Waals surface area contributed by atoms with E-state index in [1.165, 1.54) is 4.57 Å². The van der Waals surface area contributed by atoms with Gasteiger partial charge in [-0.25, -0.2) is 9.78 Å². The first kappa shape index (κ1) is 27.3. The number of rotatable bonds is 8. The van der Waals surface area contributed by atoms with Crippen LogP contribution in [-0.2, 0) is 17.9 Å². The Morgan fingerprint density at radius 2 is 1.85 bits per heavy atom. The summed E-state index contributed by atoms with van der Waals surface area (Å²) in [7, 11) is 1.58. The lowest BCUT2D eigenvalue weighted by atomic mass is 10.1. The van der Waals surface area contributed by atoms with E-state index < -0.39 is 6.03 Å². The molecule has 1 saturated heterocycles. The first-order chi connectivity index (χ1) is 19.3. The minimum atomic E-state index is -0.559. The molecule has 2 amide bonds. The minimum Gasteiger partial charge on any atom is -0.457 e. The summed E-state index contributed by atoms with van der Waals surface area (Å²) in [6, 6.07) is 15.8. The molecule has 208 valence electrons. The summed E-state index contributed by atoms with van der Waals surface area (Å²) in [4.78, 5) is 31.4. The quantitative estimate of drug-likeness (QED) is 0.300. The number of hydrogen-bond donors (Lipinski definition) is 3. The van der Waals surface area contributed by atoms with Crippen molar-refractivity contribution >= 4 is 28.7 Å². The Kier molecular flexibility index (Phi) is 8.11. The molecular weight excluding hydrogens is 510 g/mol. The Morgan fingerprint density at radius 1 is 1.10 bits per heavy atom. The molecule has 4 aromatic rings. The van der Waals surface area contributed by atoms with E-state index in [0.717, 1.165) is 54.7 Å². The molecule has 0 atom stereocenters. The van der Waals surface area contributed by atoms with Crippen LogP contribution >= 0.6 is 0 Å². The minimum absolute atomic E-state index is 0.198. The smallest absolute Gasteiger partial charge is 0.323 e. The van der Waals surface area contributed by atoms with Gasteiger partial charge in [0, 0.05) is 61.2 Å². The second-order valence-electron chi connectivity index (χ2n) is 10.0. The highest BCUT2D eigenvalue weighted by Gasteiger charge is 2.18. The van der Waals surface area contributed by atoms with Gasteiger partial charge in [-0.3, -0.25) is 14.3 Å². The van der Waals surface area contributed by atoms with Gasteiger partial charge in [-0.1, -0.05) is 12.1 Å². The molecule has 0 bridgehead atoms. The van der Waals surface area contributed by atoms with Gasteiger partial charge in [-0.2, -0.15) is 0 Å². The molecule has 0 aliphatic carbocycles. The fourth-order valence-corrected chi connectivity index (χ4v) is 5.03. The number of carbonyl (C=O) groups is 2. The number of hydrogen-bond acceptors (Lipinski definition) is 7. The van der Waals surface area contributed by atoms with Crippen LogP contribution < -0.4 is 15.8 Å². The lowest BCUT2D eigenvalue weighted by Crippen LogP contribution is -2.35. The molecule has 0 unspecified atom stereocenters. The van der Waals surface area contributed by atoms with Crippen LogP contribution in [0.1, 0.15) is 40.0 Å². The van der Waals surface area contributed by atoms with Crippen LogP contribution in [0, 0.1) is 6.92 Å². The average Bonchev–Trinajstić information content (AvgIpc) is 3.25. The number of fused-ring (bicyclic) bond motifs is 1. The van der Waals surface area contributed by atoms with E-state index in [0.29, 0.717) is 28.4 Å². The van der Waals surface area contributed by atoms with Gasteiger partial charge in [-0.05, 0) is 61.7 Å². The number of aryl methyl sites for hydroxylation is 1. The number of piperidine rings is 1. The van der Waals surface area contributed by atoms with Crippen molar-refractivity contribution in [1.29, 1.82) is 0 Å². The zero-order chi connectivity index (χ0) is 28.2. The summed E-state index contributed by atoms with van der Waals surface area (Å²) in [6.45, 7) is 4.60. The summed E-state index contributed by atoms with van der Waals surface area (Å²) in [5, 5.41) is 13.3. The molecule has 0 saturated carbocycles. The van der Waals surface area contributed by atoms with Crippen LogP contribution in [0.15, 0.2) is 60.8 Å². The number of aliphatic hydroxyl groups is 1. The van der Waals surface area contributed by atoms with Gasteiger partial charge in [0.1, 0.15) is 17.3 Å². The predicted octanol–water partition coefficient (Wildman–Crippen LogP) is 4.42. The van der Waals surface area contributed by atoms with Crippen LogP contribution in [0.25, 0.3) is 10.9 Å². The van der Waals surface area contributed by atoms with Crippen molar-refractivity contribution in [3.63, 3.8) is 0 Å². The monoisotopic (exact) mass is 543 g/mol. The number of amides is 2. The Balaban J connectivity index is 1.28. The van der Waals surface area contributed by atoms with E-state index in [1.54, 1.807) is 37.6 Å². The number of pyridine rings is 1. The second kappa shape index (κ2) is 11.9. The van der Waals surface area contributed by atoms with Crippen molar-refractivity contribution in [1.82, 2.24) is 14.5 Å². The maximum atomic E-state index is 12.9. The summed E-state index contributed by atoms with van der Waals surface area (Å²) in [5.74, 6) is 1.11. The molecular formula is C30H33N5O5. The molecule has 5 rings (SSSR count). The Morgan fingerprint density at radius 3 is 2.55 bits per heavy atom. The first-order valence-electron chi connectivity index (χ1n) is 13.2. The highest BCUT2D eigenvalue weighted by atomic mass is 16.5. The highest BCUT2D eigenvalue weighted by Crippen LogP contribution is 2.33. The first-order valence-corrected chi connectivity index (χ1v) is 13.2. The molecule has 10 heteroatoms. The number of methoxy groups -OCH3 is 1. The molecule has 2 aromatic carbocycles. The van der Waals surface area contributed by atoms with Gasteiger partial charge in [0.25, 0.3) is 5.91 Å². The summed E-state index contributed by atoms with van der Waals surface area (Å²) in [6.07, 6.45) is 2.95. The molecule has 1 fully saturated rings. The lowest BCUT2D eigenvalue weighted by Gasteiger charge is -2.29. The SMILES string of the molecule is COCc1cc2c(cc1Oc1ccnc(NC(=O)c3ccc(CN4CCC(O)CC4)cc3)c1)cc(C)n2C(N)=O. The van der Waals surface area contributed by atoms with Gasteiger partial charge in [-0.15, -0.1) is 0 Å². The number of aliphatic hydroxyl groups excluding tert-OH is 1. The largest absolute Gasteiger partial charge is 0.457 e. The number of ether oxygens (including phenoxy) is 2. The van der Waals surface area contributed by atoms with Crippen molar-refractivity contribution in [2.75, 3.05) is 25.5 Å². The van der Waals surface area contributed by atoms with Gasteiger partial charge in [0.05, 0.1) is 18.2 Å². The number of primary amides is 1. The fourth-order valence-electron chi connectivity index (χ4n) is 5.03. The molecule has 1 aliphatic heterocycles. The van der Waals surface area contributed by atoms with E-state index >= 15 is 0 Å². The van der Waals surface area contributed by atoms with Crippen molar-refractivity contribution in [3.8, 4) is 11.5 Å². The maximum absolute atomic E-state index is 12.9. The Labute approximate surface area is 232 Å². The number of aromatic nitrogens is 2. The number of anilines is 1. The molecule has 10 nitrogen and oxygen atoms in total. The van der Waals surface area contributed by atoms with Crippen molar-refractivity contribution in [3.05, 3.63) is 83.2 Å². The molecule has 0 radical (unpaired) electrons. The van der Waals surface area contributed by atoms with E-state index in [1.807, 2.05) is 37.3 Å². The molecule has 0 spiro atoms. The van der Waals surface area contributed by atoms with Gasteiger partial charge in [0.15, 0.2) is 0 Å². The topological polar surface area (TPSA) is 132 Å². The lowest BCUT2D eigenvalue weighted by molar-refractivity contribution is 0.0792. The maximum Gasteiger partial charge on any atom is 0.323 e. The molecule has 3 heterocycles. The standard InChI is InChI=1S/C30H33N5O5/c1-19-13-22-15-27(23(18-39-2)14-26(22)35(19)30(31)38)40-25-7-10-32-28(16-25)33-29(37)21-5-3-20(4-6-21)17-34-11-8-24(36)9-12-34/h3-7,10,13-16,24,36H,8-9,11-12,17-18H2,1-2H3,(H2,31,38)(H,32,33,37). The number of carbonyl (C=O) groups excluding carboxylic acids is 2. The molecule has 1 aliphatic rings. The number of nitrogens with one attached hydrogen (secondary N) is 1. The third-order valence-corrected chi connectivity index (χ3v) is 7.07. The van der Waals surface area contributed by atoms with Crippen molar-refractivity contribution in [2.24, 2.45) is 5.73 Å². The van der Waals surface area contributed by atoms with Crippen LogP contribution in [0.4, 0.5) is 10.6 Å². The summed E-state index contributed by atoms with van der Waals surface area (Å²) in [5.41, 5.74) is 9.34. The molecule has 4 N–H and O–H groups in total. The van der Waals surface area contributed by atoms with Crippen molar-refractivity contribution < 1.29 is 24.2 Å². The third-order valence-electron chi connectivity index (χ3n) is 7.07. The normalized spacial score (nSPS) is 14.4. The van der Waals surface area contributed by atoms with Crippen LogP contribution in [0.3, 0.4) is 0 Å². The van der Waals surface area contributed by atoms with E-state index in [-0.39, 0.29) is 18.6 Å². The van der Waals surface area contributed by atoms with Gasteiger partial charge >= 0.3 is 6.03 Å². The zero-order valence-corrected chi connectivity index (χ0v) is 22.6. The number of likely N-dealkylation sites (tertiary alicyclic amines) is 1. The Bertz CT molecular complexity index is 1520. The second-order valence-corrected chi connectivity index (χ2v) is 10.0. The van der Waals surface area contributed by atoms with Crippen LogP contribution in [-0.4, -0.2) is 57.8 Å². The van der Waals surface area contributed by atoms with E-state index in [9.17, 15) is 14.7 Å². The fraction of sp³-hybridized carbons (Fsp3) is 0.300. The number of nitrogens with zero attached hydrogens (tertiary/aromatic N) is 3. The molecule has 40 heavy (non-hydrogen) atoms. The molecule has 2 aromatic heterocycles. The number of benzene rings is 2. The number of nitrogens with two attached hydrogens (primary N) is 1. The average molecular weight is 544 g/mol. The summed E-state index contributed by atoms with van der Waals surface area (Å²) >= 11 is 0. The Hall–Kier alpha value is -4.25. The highest BCUT2D eigenvalue weighted by molar-refractivity contribution is 6.03. The van der Waals surface area contributed by atoms with E-state index in [4.69, 9.17) is 15.2 Å². The zero-order valence-electron chi connectivity index (χ0n) is 22.6. The summed E-state index contributed by atoms with van der Waals surface area (Å²) < 4.78 is 13.0. The van der Waals surface area contributed by atoms with E-state index in [2.05, 4.69) is 15.2 Å². The van der Waals surface area contributed by atoms with Crippen molar-refractivity contribution in [2.45, 2.75) is 39.0 Å². The van der Waals surface area contributed by atoms with Gasteiger partial charge < -0.3 is 25.6 Å². The van der Waals surface area contributed by atoms with Gasteiger partial charge in [0.2, 0.25) is 0 Å². The predicted molar refractivity (Wildman–Crippen MR) is 152 cm³/mol. The third kappa shape index (κ3) is 6.15. The van der Waals surface area contributed by atoms with Crippen LogP contribution in [0.5, 0.6) is 11.5 Å².